The minimum Gasteiger partial charge on any atom is -0.493 e. The Labute approximate surface area is 222 Å². The number of rotatable bonds is 11. The second kappa shape index (κ2) is 12.5. The van der Waals surface area contributed by atoms with Gasteiger partial charge in [-0.05, 0) is 48.3 Å². The molecule has 38 heavy (non-hydrogen) atoms. The first kappa shape index (κ1) is 27.9. The van der Waals surface area contributed by atoms with E-state index in [1.165, 1.54) is 19.1 Å². The molecule has 3 aromatic rings. The van der Waals surface area contributed by atoms with E-state index in [-0.39, 0.29) is 22.9 Å². The Kier molecular flexibility index (Phi) is 9.22. The van der Waals surface area contributed by atoms with Crippen molar-refractivity contribution in [3.63, 3.8) is 0 Å². The van der Waals surface area contributed by atoms with Gasteiger partial charge in [-0.1, -0.05) is 24.3 Å². The number of benzene rings is 2. The summed E-state index contributed by atoms with van der Waals surface area (Å²) in [6, 6.07) is 11.7. The largest absolute Gasteiger partial charge is 0.493 e. The third kappa shape index (κ3) is 6.00. The highest BCUT2D eigenvalue weighted by atomic mass is 32.1. The van der Waals surface area contributed by atoms with Gasteiger partial charge in [0.25, 0.3) is 11.8 Å². The third-order valence-electron chi connectivity index (χ3n) is 5.35. The number of aromatic nitrogens is 1. The van der Waals surface area contributed by atoms with Gasteiger partial charge in [-0.2, -0.15) is 4.37 Å². The van der Waals surface area contributed by atoms with Crippen LogP contribution in [-0.4, -0.2) is 55.4 Å². The van der Waals surface area contributed by atoms with E-state index in [1.807, 2.05) is 0 Å². The Morgan fingerprint density at radius 2 is 1.74 bits per heavy atom. The topological polar surface area (TPSA) is 176 Å². The predicted molar refractivity (Wildman–Crippen MR) is 140 cm³/mol. The number of nitrogens with zero attached hydrogens (tertiary/aromatic N) is 2. The van der Waals surface area contributed by atoms with Gasteiger partial charge in [0.15, 0.2) is 17.2 Å². The second-order valence-electron chi connectivity index (χ2n) is 7.69. The molecule has 0 saturated carbocycles. The van der Waals surface area contributed by atoms with Gasteiger partial charge in [0, 0.05) is 5.69 Å². The van der Waals surface area contributed by atoms with Crippen LogP contribution in [0.4, 0.5) is 11.4 Å². The summed E-state index contributed by atoms with van der Waals surface area (Å²) < 4.78 is 19.5. The lowest BCUT2D eigenvalue weighted by Crippen LogP contribution is -2.45. The highest BCUT2D eigenvalue weighted by Gasteiger charge is 2.36. The SMILES string of the molecule is CCOC(=O)CNC(=O)C(c1ccc(OC)c(OC)c1)N(C(=O)c1snc(C(N)=O)c1N)c1ccccc1. The minimum absolute atomic E-state index is 0.0914. The fraction of sp³-hybridized carbons (Fsp3) is 0.240. The number of nitrogen functional groups attached to an aromatic ring is 1. The van der Waals surface area contributed by atoms with Crippen molar-refractivity contribution in [2.24, 2.45) is 5.73 Å². The van der Waals surface area contributed by atoms with Crippen LogP contribution in [0.25, 0.3) is 0 Å². The number of carbonyl (C=O) groups excluding carboxylic acids is 4. The molecule has 1 unspecified atom stereocenters. The van der Waals surface area contributed by atoms with Crippen molar-refractivity contribution in [3.8, 4) is 11.5 Å². The fourth-order valence-corrected chi connectivity index (χ4v) is 4.36. The molecule has 0 radical (unpaired) electrons. The van der Waals surface area contributed by atoms with Crippen LogP contribution in [0.1, 0.15) is 38.7 Å². The van der Waals surface area contributed by atoms with E-state index >= 15 is 0 Å². The van der Waals surface area contributed by atoms with E-state index in [2.05, 4.69) is 9.69 Å². The van der Waals surface area contributed by atoms with Gasteiger partial charge in [0.05, 0.1) is 26.5 Å². The molecule has 13 heteroatoms. The molecule has 3 rings (SSSR count). The molecule has 0 aliphatic heterocycles. The molecule has 200 valence electrons. The Bertz CT molecular complexity index is 1330. The number of esters is 1. The Hall–Kier alpha value is -4.65. The van der Waals surface area contributed by atoms with E-state index in [0.29, 0.717) is 34.3 Å². The molecule has 12 nitrogen and oxygen atoms in total. The molecular weight excluding hydrogens is 514 g/mol. The number of hydrogen-bond donors (Lipinski definition) is 3. The maximum absolute atomic E-state index is 14.0. The second-order valence-corrected chi connectivity index (χ2v) is 8.46. The number of nitrogens with two attached hydrogens (primary N) is 2. The molecule has 2 aromatic carbocycles. The van der Waals surface area contributed by atoms with Crippen LogP contribution in [0.5, 0.6) is 11.5 Å². The Morgan fingerprint density at radius 3 is 2.32 bits per heavy atom. The number of para-hydroxylation sites is 1. The quantitative estimate of drug-likeness (QED) is 0.306. The standard InChI is InChI=1S/C25H27N5O7S/c1-4-37-18(31)13-28-24(33)21(14-10-11-16(35-2)17(12-14)36-3)30(15-8-6-5-7-9-15)25(34)22-19(26)20(23(27)32)29-38-22/h5-12,21H,4,13,26H2,1-3H3,(H2,27,32)(H,28,33). The van der Waals surface area contributed by atoms with Crippen LogP contribution in [0.3, 0.4) is 0 Å². The van der Waals surface area contributed by atoms with Crippen molar-refractivity contribution in [1.29, 1.82) is 0 Å². The molecule has 1 atom stereocenters. The van der Waals surface area contributed by atoms with E-state index in [9.17, 15) is 19.2 Å². The Balaban J connectivity index is 2.19. The van der Waals surface area contributed by atoms with Gasteiger partial charge in [0.2, 0.25) is 5.91 Å². The monoisotopic (exact) mass is 541 g/mol. The number of primary amides is 1. The number of ether oxygens (including phenoxy) is 3. The minimum atomic E-state index is -1.32. The summed E-state index contributed by atoms with van der Waals surface area (Å²) in [4.78, 5) is 52.4. The number of amides is 3. The Morgan fingerprint density at radius 1 is 1.05 bits per heavy atom. The van der Waals surface area contributed by atoms with E-state index < -0.39 is 36.3 Å². The van der Waals surface area contributed by atoms with Crippen LogP contribution in [0, 0.1) is 0 Å². The number of anilines is 2. The first-order valence-corrected chi connectivity index (χ1v) is 12.1. The first-order valence-electron chi connectivity index (χ1n) is 11.3. The zero-order chi connectivity index (χ0) is 27.8. The summed E-state index contributed by atoms with van der Waals surface area (Å²) in [6.07, 6.45) is 0. The molecule has 0 spiro atoms. The molecule has 3 amide bonds. The van der Waals surface area contributed by atoms with Crippen molar-refractivity contribution in [2.45, 2.75) is 13.0 Å². The molecule has 1 aromatic heterocycles. The van der Waals surface area contributed by atoms with Gasteiger partial charge < -0.3 is 31.0 Å². The zero-order valence-corrected chi connectivity index (χ0v) is 21.7. The summed E-state index contributed by atoms with van der Waals surface area (Å²) >= 11 is 0.681. The smallest absolute Gasteiger partial charge is 0.325 e. The highest BCUT2D eigenvalue weighted by Crippen LogP contribution is 2.36. The van der Waals surface area contributed by atoms with Gasteiger partial charge in [-0.3, -0.25) is 24.1 Å². The van der Waals surface area contributed by atoms with Gasteiger partial charge >= 0.3 is 5.97 Å². The van der Waals surface area contributed by atoms with E-state index in [4.69, 9.17) is 25.7 Å². The van der Waals surface area contributed by atoms with Gasteiger partial charge in [-0.15, -0.1) is 0 Å². The lowest BCUT2D eigenvalue weighted by molar-refractivity contribution is -0.143. The normalized spacial score (nSPS) is 11.2. The average Bonchev–Trinajstić information content (AvgIpc) is 3.31. The van der Waals surface area contributed by atoms with Crippen LogP contribution >= 0.6 is 11.5 Å². The molecule has 0 bridgehead atoms. The van der Waals surface area contributed by atoms with Crippen LogP contribution in [0.15, 0.2) is 48.5 Å². The van der Waals surface area contributed by atoms with Crippen molar-refractivity contribution in [1.82, 2.24) is 9.69 Å². The van der Waals surface area contributed by atoms with E-state index in [1.54, 1.807) is 55.5 Å². The maximum Gasteiger partial charge on any atom is 0.325 e. The maximum atomic E-state index is 14.0. The van der Waals surface area contributed by atoms with Crippen LogP contribution < -0.4 is 31.2 Å². The number of methoxy groups -OCH3 is 2. The fourth-order valence-electron chi connectivity index (χ4n) is 3.62. The van der Waals surface area contributed by atoms with Crippen LogP contribution in [0.2, 0.25) is 0 Å². The molecular formula is C25H27N5O7S. The number of hydrogen-bond acceptors (Lipinski definition) is 10. The molecule has 1 heterocycles. The third-order valence-corrected chi connectivity index (χ3v) is 6.20. The van der Waals surface area contributed by atoms with Crippen molar-refractivity contribution in [3.05, 3.63) is 64.7 Å². The lowest BCUT2D eigenvalue weighted by atomic mass is 10.0. The summed E-state index contributed by atoms with van der Waals surface area (Å²) in [5, 5.41) is 2.53. The summed E-state index contributed by atoms with van der Waals surface area (Å²) in [7, 11) is 2.89. The summed E-state index contributed by atoms with van der Waals surface area (Å²) in [6.45, 7) is 1.35. The summed E-state index contributed by atoms with van der Waals surface area (Å²) in [5.74, 6) is -2.25. The van der Waals surface area contributed by atoms with E-state index in [0.717, 1.165) is 0 Å². The molecule has 0 aliphatic carbocycles. The molecule has 0 fully saturated rings. The lowest BCUT2D eigenvalue weighted by Gasteiger charge is -2.31. The summed E-state index contributed by atoms with van der Waals surface area (Å²) in [5.41, 5.74) is 11.6. The predicted octanol–water partition coefficient (Wildman–Crippen LogP) is 1.91. The number of carbonyl (C=O) groups is 4. The molecule has 5 N–H and O–H groups in total. The highest BCUT2D eigenvalue weighted by molar-refractivity contribution is 7.09. The number of nitrogens with one attached hydrogen (secondary N) is 1. The van der Waals surface area contributed by atoms with Crippen molar-refractivity contribution >= 4 is 46.6 Å². The molecule has 0 aliphatic rings. The average molecular weight is 542 g/mol. The van der Waals surface area contributed by atoms with Crippen LogP contribution in [-0.2, 0) is 14.3 Å². The van der Waals surface area contributed by atoms with Crippen molar-refractivity contribution < 1.29 is 33.4 Å². The molecule has 0 saturated heterocycles. The van der Waals surface area contributed by atoms with Gasteiger partial charge in [-0.25, -0.2) is 0 Å². The van der Waals surface area contributed by atoms with Crippen molar-refractivity contribution in [2.75, 3.05) is 38.0 Å². The zero-order valence-electron chi connectivity index (χ0n) is 20.9. The van der Waals surface area contributed by atoms with Gasteiger partial charge in [0.1, 0.15) is 17.5 Å². The first-order chi connectivity index (χ1) is 18.2.